The third-order valence-electron chi connectivity index (χ3n) is 2.15. The highest BCUT2D eigenvalue weighted by atomic mass is 16.7. The maximum atomic E-state index is 8.70. The quantitative estimate of drug-likeness (QED) is 0.702. The lowest BCUT2D eigenvalue weighted by Crippen LogP contribution is -2.11. The van der Waals surface area contributed by atoms with Crippen molar-refractivity contribution in [2.75, 3.05) is 6.61 Å². The largest absolute Gasteiger partial charge is 0.301 e. The predicted octanol–water partition coefficient (Wildman–Crippen LogP) is 1.52. The van der Waals surface area contributed by atoms with E-state index >= 15 is 0 Å². The Morgan fingerprint density at radius 1 is 1.54 bits per heavy atom. The molecule has 1 aliphatic rings. The molecular weight excluding hydrogens is 164 g/mol. The fraction of sp³-hybridized carbons (Fsp3) is 0.300. The highest BCUT2D eigenvalue weighted by Gasteiger charge is 2.16. The maximum Gasteiger partial charge on any atom is 0.0991 e. The van der Waals surface area contributed by atoms with Gasteiger partial charge in [-0.05, 0) is 24.1 Å². The first-order valence-corrected chi connectivity index (χ1v) is 4.27. The fourth-order valence-corrected chi connectivity index (χ4v) is 1.45. The first-order valence-electron chi connectivity index (χ1n) is 4.27. The fourth-order valence-electron chi connectivity index (χ4n) is 1.45. The molecule has 0 saturated carbocycles. The second kappa shape index (κ2) is 3.56. The van der Waals surface area contributed by atoms with Crippen LogP contribution in [0.2, 0.25) is 0 Å². The lowest BCUT2D eigenvalue weighted by atomic mass is 10.0. The number of nitriles is 1. The molecule has 66 valence electrons. The number of nitrogens with one attached hydrogen (secondary N) is 1. The lowest BCUT2D eigenvalue weighted by molar-refractivity contribution is 0.0883. The van der Waals surface area contributed by atoms with Crippen LogP contribution in [-0.2, 0) is 4.84 Å². The van der Waals surface area contributed by atoms with Gasteiger partial charge >= 0.3 is 0 Å². The highest BCUT2D eigenvalue weighted by Crippen LogP contribution is 2.21. The van der Waals surface area contributed by atoms with Crippen molar-refractivity contribution in [1.29, 1.82) is 5.26 Å². The molecule has 1 N–H and O–H groups in total. The van der Waals surface area contributed by atoms with E-state index in [0.717, 1.165) is 18.6 Å². The number of hydrogen-bond donors (Lipinski definition) is 1. The first kappa shape index (κ1) is 8.24. The minimum Gasteiger partial charge on any atom is -0.301 e. The van der Waals surface area contributed by atoms with Gasteiger partial charge in [0.2, 0.25) is 0 Å². The molecule has 3 heteroatoms. The summed E-state index contributed by atoms with van der Waals surface area (Å²) in [5.74, 6) is 0. The summed E-state index contributed by atoms with van der Waals surface area (Å²) in [7, 11) is 0. The van der Waals surface area contributed by atoms with Crippen LogP contribution < -0.4 is 5.48 Å². The van der Waals surface area contributed by atoms with Crippen molar-refractivity contribution in [1.82, 2.24) is 5.48 Å². The monoisotopic (exact) mass is 174 g/mol. The van der Waals surface area contributed by atoms with Gasteiger partial charge in [0.05, 0.1) is 24.3 Å². The molecular formula is C10H10N2O. The van der Waals surface area contributed by atoms with Crippen molar-refractivity contribution in [2.45, 2.75) is 12.5 Å². The van der Waals surface area contributed by atoms with Crippen molar-refractivity contribution >= 4 is 0 Å². The molecule has 0 bridgehead atoms. The van der Waals surface area contributed by atoms with Crippen molar-refractivity contribution in [3.8, 4) is 6.07 Å². The molecule has 1 aromatic rings. The Bertz CT molecular complexity index is 337. The van der Waals surface area contributed by atoms with Crippen LogP contribution in [0.1, 0.15) is 23.6 Å². The third-order valence-corrected chi connectivity index (χ3v) is 2.15. The molecule has 0 spiro atoms. The van der Waals surface area contributed by atoms with Crippen LogP contribution >= 0.6 is 0 Å². The van der Waals surface area contributed by atoms with E-state index in [1.54, 1.807) is 6.07 Å². The summed E-state index contributed by atoms with van der Waals surface area (Å²) in [5, 5.41) is 8.70. The smallest absolute Gasteiger partial charge is 0.0991 e. The van der Waals surface area contributed by atoms with Crippen LogP contribution in [0.15, 0.2) is 24.3 Å². The minimum atomic E-state index is 0.244. The van der Waals surface area contributed by atoms with E-state index in [2.05, 4.69) is 11.5 Å². The third kappa shape index (κ3) is 1.69. The molecule has 3 nitrogen and oxygen atoms in total. The van der Waals surface area contributed by atoms with Gasteiger partial charge in [0.1, 0.15) is 0 Å². The zero-order valence-corrected chi connectivity index (χ0v) is 7.16. The van der Waals surface area contributed by atoms with Gasteiger partial charge in [-0.1, -0.05) is 12.1 Å². The summed E-state index contributed by atoms with van der Waals surface area (Å²) < 4.78 is 0. The Balaban J connectivity index is 2.25. The minimum absolute atomic E-state index is 0.244. The molecule has 0 amide bonds. The summed E-state index contributed by atoms with van der Waals surface area (Å²) in [6.45, 7) is 0.738. The van der Waals surface area contributed by atoms with E-state index in [0.29, 0.717) is 5.56 Å². The molecule has 1 fully saturated rings. The Morgan fingerprint density at radius 3 is 3.15 bits per heavy atom. The van der Waals surface area contributed by atoms with Crippen LogP contribution in [-0.4, -0.2) is 6.61 Å². The Hall–Kier alpha value is -1.37. The summed E-state index contributed by atoms with van der Waals surface area (Å²) in [6.07, 6.45) is 0.967. The summed E-state index contributed by atoms with van der Waals surface area (Å²) in [4.78, 5) is 5.05. The maximum absolute atomic E-state index is 8.70. The average Bonchev–Trinajstić information content (AvgIpc) is 2.71. The molecule has 0 aliphatic carbocycles. The van der Waals surface area contributed by atoms with Crippen molar-refractivity contribution < 1.29 is 4.84 Å². The summed E-state index contributed by atoms with van der Waals surface area (Å²) in [5.41, 5.74) is 4.74. The number of hydroxylamine groups is 1. The van der Waals surface area contributed by atoms with Gasteiger partial charge in [0.25, 0.3) is 0 Å². The highest BCUT2D eigenvalue weighted by molar-refractivity contribution is 5.34. The Morgan fingerprint density at radius 2 is 2.46 bits per heavy atom. The number of hydrogen-bond acceptors (Lipinski definition) is 3. The van der Waals surface area contributed by atoms with E-state index in [4.69, 9.17) is 10.1 Å². The van der Waals surface area contributed by atoms with Crippen LogP contribution in [0, 0.1) is 11.3 Å². The lowest BCUT2D eigenvalue weighted by Gasteiger charge is -2.07. The molecule has 1 aliphatic heterocycles. The van der Waals surface area contributed by atoms with Gasteiger partial charge in [-0.3, -0.25) is 0 Å². The molecule has 0 aromatic heterocycles. The summed E-state index contributed by atoms with van der Waals surface area (Å²) >= 11 is 0. The molecule has 13 heavy (non-hydrogen) atoms. The topological polar surface area (TPSA) is 45.0 Å². The van der Waals surface area contributed by atoms with Gasteiger partial charge in [-0.2, -0.15) is 10.7 Å². The molecule has 0 radical (unpaired) electrons. The van der Waals surface area contributed by atoms with E-state index in [-0.39, 0.29) is 6.04 Å². The first-order chi connectivity index (χ1) is 6.40. The van der Waals surface area contributed by atoms with Crippen molar-refractivity contribution in [2.24, 2.45) is 0 Å². The number of nitrogens with zero attached hydrogens (tertiary/aromatic N) is 1. The molecule has 1 atom stereocenters. The van der Waals surface area contributed by atoms with Gasteiger partial charge in [0.15, 0.2) is 0 Å². The second-order valence-corrected chi connectivity index (χ2v) is 3.04. The van der Waals surface area contributed by atoms with Crippen molar-refractivity contribution in [3.05, 3.63) is 35.4 Å². The number of rotatable bonds is 1. The zero-order chi connectivity index (χ0) is 9.10. The molecule has 1 aromatic carbocycles. The Kier molecular flexibility index (Phi) is 2.26. The van der Waals surface area contributed by atoms with E-state index in [1.807, 2.05) is 18.2 Å². The normalized spacial score (nSPS) is 21.3. The average molecular weight is 174 g/mol. The standard InChI is InChI=1S/C10H10N2O/c11-7-8-2-1-3-9(6-8)10-4-5-13-12-10/h1-3,6,10,12H,4-5H2/t10-/m0/s1. The zero-order valence-electron chi connectivity index (χ0n) is 7.16. The van der Waals surface area contributed by atoms with Gasteiger partial charge in [0, 0.05) is 0 Å². The van der Waals surface area contributed by atoms with Crippen LogP contribution in [0.4, 0.5) is 0 Å². The SMILES string of the molecule is N#Cc1cccc([C@@H]2CCON2)c1. The van der Waals surface area contributed by atoms with Crippen LogP contribution in [0.3, 0.4) is 0 Å². The van der Waals surface area contributed by atoms with E-state index < -0.39 is 0 Å². The van der Waals surface area contributed by atoms with Gasteiger partial charge < -0.3 is 4.84 Å². The Labute approximate surface area is 76.9 Å². The van der Waals surface area contributed by atoms with Crippen LogP contribution in [0.25, 0.3) is 0 Å². The molecule has 1 saturated heterocycles. The van der Waals surface area contributed by atoms with Gasteiger partial charge in [-0.15, -0.1) is 0 Å². The van der Waals surface area contributed by atoms with E-state index in [1.165, 1.54) is 0 Å². The molecule has 2 rings (SSSR count). The molecule has 1 heterocycles. The van der Waals surface area contributed by atoms with Gasteiger partial charge in [-0.25, -0.2) is 0 Å². The summed E-state index contributed by atoms with van der Waals surface area (Å²) in [6, 6.07) is 9.97. The second-order valence-electron chi connectivity index (χ2n) is 3.04. The van der Waals surface area contributed by atoms with Crippen molar-refractivity contribution in [3.63, 3.8) is 0 Å². The molecule has 0 unspecified atom stereocenters. The van der Waals surface area contributed by atoms with E-state index in [9.17, 15) is 0 Å². The number of benzene rings is 1. The van der Waals surface area contributed by atoms with Crippen LogP contribution in [0.5, 0.6) is 0 Å². The predicted molar refractivity (Wildman–Crippen MR) is 47.6 cm³/mol.